The largest absolute Gasteiger partial charge is 0.461 e. The van der Waals surface area contributed by atoms with Gasteiger partial charge in [0.15, 0.2) is 0 Å². The van der Waals surface area contributed by atoms with Crippen molar-refractivity contribution >= 4 is 5.97 Å². The summed E-state index contributed by atoms with van der Waals surface area (Å²) in [6.07, 6.45) is 13.1. The van der Waals surface area contributed by atoms with Crippen molar-refractivity contribution in [2.24, 2.45) is 28.6 Å². The van der Waals surface area contributed by atoms with Crippen LogP contribution in [0.15, 0.2) is 39.3 Å². The number of ether oxygens (including phenoxy) is 1. The topological polar surface area (TPSA) is 88.8 Å². The number of hydrogen-bond donors (Lipinski definition) is 2. The summed E-state index contributed by atoms with van der Waals surface area (Å²) in [6, 6.07) is 3.17. The van der Waals surface area contributed by atoms with E-state index in [0.717, 1.165) is 31.2 Å². The Morgan fingerprint density at radius 1 is 1.14 bits per heavy atom. The number of hydrogen-bond acceptors (Lipinski definition) is 6. The van der Waals surface area contributed by atoms with Crippen molar-refractivity contribution in [3.05, 3.63) is 46.0 Å². The highest BCUT2D eigenvalue weighted by Gasteiger charge is 2.58. The fourth-order valence-corrected chi connectivity index (χ4v) is 8.87. The normalized spacial score (nSPS) is 44.7. The lowest BCUT2D eigenvalue weighted by atomic mass is 9.46. The molecule has 6 rings (SSSR count). The summed E-state index contributed by atoms with van der Waals surface area (Å²) >= 11 is 0. The summed E-state index contributed by atoms with van der Waals surface area (Å²) in [4.78, 5) is 24.1. The Balaban J connectivity index is 1.15. The van der Waals surface area contributed by atoms with Crippen LogP contribution in [0.2, 0.25) is 0 Å². The van der Waals surface area contributed by atoms with Gasteiger partial charge in [-0.1, -0.05) is 25.5 Å². The Morgan fingerprint density at radius 2 is 2.00 bits per heavy atom. The lowest BCUT2D eigenvalue weighted by molar-refractivity contribution is -0.159. The molecule has 2 heterocycles. The predicted octanol–water partition coefficient (Wildman–Crippen LogP) is 4.32. The Morgan fingerprint density at radius 3 is 2.74 bits per heavy atom. The molecule has 3 saturated carbocycles. The molecule has 2 N–H and O–H groups in total. The fourth-order valence-electron chi connectivity index (χ4n) is 8.87. The number of allylic oxidation sites excluding steroid dienone is 2. The monoisotopic (exact) mass is 481 g/mol. The Hall–Kier alpha value is -1.92. The van der Waals surface area contributed by atoms with E-state index in [2.05, 4.69) is 25.2 Å². The first-order chi connectivity index (χ1) is 16.8. The third-order valence-electron chi connectivity index (χ3n) is 10.8. The number of aliphatic hydroxyl groups is 1. The van der Waals surface area contributed by atoms with Crippen LogP contribution in [-0.2, 0) is 9.53 Å². The van der Waals surface area contributed by atoms with E-state index in [1.165, 1.54) is 25.7 Å². The molecule has 4 aliphatic carbocycles. The molecular formula is C29H39NO5. The Kier molecular flexibility index (Phi) is 5.76. The smallest absolute Gasteiger partial charge is 0.335 e. The first kappa shape index (κ1) is 23.5. The molecule has 4 fully saturated rings. The van der Waals surface area contributed by atoms with Gasteiger partial charge in [0.25, 0.3) is 0 Å². The van der Waals surface area contributed by atoms with Crippen LogP contribution < -0.4 is 10.9 Å². The van der Waals surface area contributed by atoms with Gasteiger partial charge >= 0.3 is 11.6 Å². The Labute approximate surface area is 207 Å². The molecular weight excluding hydrogens is 442 g/mol. The van der Waals surface area contributed by atoms with Crippen molar-refractivity contribution in [1.29, 1.82) is 0 Å². The first-order valence-corrected chi connectivity index (χ1v) is 13.7. The molecule has 0 bridgehead atoms. The van der Waals surface area contributed by atoms with Crippen molar-refractivity contribution < 1.29 is 19.1 Å². The summed E-state index contributed by atoms with van der Waals surface area (Å²) in [5.74, 6) is 2.14. The van der Waals surface area contributed by atoms with Gasteiger partial charge in [-0.2, -0.15) is 0 Å². The van der Waals surface area contributed by atoms with Crippen LogP contribution in [0.25, 0.3) is 0 Å². The molecule has 0 amide bonds. The van der Waals surface area contributed by atoms with Gasteiger partial charge in [-0.3, -0.25) is 4.79 Å². The van der Waals surface area contributed by atoms with E-state index in [9.17, 15) is 14.7 Å². The molecule has 35 heavy (non-hydrogen) atoms. The molecule has 1 saturated heterocycles. The molecule has 0 spiro atoms. The minimum atomic E-state index is -0.445. The van der Waals surface area contributed by atoms with Gasteiger partial charge in [-0.25, -0.2) is 4.79 Å². The lowest BCUT2D eigenvalue weighted by Gasteiger charge is -2.59. The molecule has 6 nitrogen and oxygen atoms in total. The summed E-state index contributed by atoms with van der Waals surface area (Å²) < 4.78 is 11.2. The average Bonchev–Trinajstić information content (AvgIpc) is 3.43. The molecule has 6 heteroatoms. The second kappa shape index (κ2) is 8.58. The van der Waals surface area contributed by atoms with Gasteiger partial charge in [0, 0.05) is 19.0 Å². The number of rotatable bonds is 3. The summed E-state index contributed by atoms with van der Waals surface area (Å²) in [5.41, 5.74) is 2.98. The van der Waals surface area contributed by atoms with Crippen LogP contribution in [0.3, 0.4) is 0 Å². The molecule has 0 aromatic carbocycles. The zero-order chi connectivity index (χ0) is 24.4. The van der Waals surface area contributed by atoms with E-state index in [1.54, 1.807) is 17.9 Å². The van der Waals surface area contributed by atoms with Gasteiger partial charge in [0.05, 0.1) is 12.4 Å². The predicted molar refractivity (Wildman–Crippen MR) is 132 cm³/mol. The first-order valence-electron chi connectivity index (χ1n) is 13.7. The van der Waals surface area contributed by atoms with Crippen LogP contribution in [0.4, 0.5) is 0 Å². The van der Waals surface area contributed by atoms with Crippen molar-refractivity contribution in [3.63, 3.8) is 0 Å². The standard InChI is InChI=1S/C29H39NO5/c1-28-11-9-20(35-27(33)25-14-19(31)15-30-25)13-18(28)4-5-21-23-7-6-22(17-3-8-26(32)34-16-17)29(23,2)12-10-24(21)28/h3,7-8,16,18-22,24-25,30-31H,4-6,9-15H2,1-2H3. The third-order valence-corrected chi connectivity index (χ3v) is 10.8. The molecule has 190 valence electrons. The Bertz CT molecular complexity index is 1060. The number of aliphatic hydroxyl groups excluding tert-OH is 1. The molecule has 0 radical (unpaired) electrons. The van der Waals surface area contributed by atoms with Crippen molar-refractivity contribution in [2.75, 3.05) is 6.54 Å². The minimum absolute atomic E-state index is 0.00772. The number of carbonyl (C=O) groups excluding carboxylic acids is 1. The number of fused-ring (bicyclic) bond motifs is 5. The van der Waals surface area contributed by atoms with Crippen LogP contribution in [0, 0.1) is 28.6 Å². The highest BCUT2D eigenvalue weighted by molar-refractivity contribution is 5.76. The van der Waals surface area contributed by atoms with Crippen molar-refractivity contribution in [1.82, 2.24) is 5.32 Å². The van der Waals surface area contributed by atoms with Crippen LogP contribution >= 0.6 is 0 Å². The van der Waals surface area contributed by atoms with Crippen LogP contribution in [0.1, 0.15) is 83.1 Å². The molecule has 1 aliphatic heterocycles. The number of carbonyl (C=O) groups is 1. The second-order valence-corrected chi connectivity index (χ2v) is 12.5. The molecule has 9 atom stereocenters. The van der Waals surface area contributed by atoms with E-state index in [1.807, 2.05) is 6.07 Å². The third kappa shape index (κ3) is 3.83. The molecule has 1 aromatic rings. The fraction of sp³-hybridized carbons (Fsp3) is 0.724. The maximum Gasteiger partial charge on any atom is 0.335 e. The highest BCUT2D eigenvalue weighted by Crippen LogP contribution is 2.67. The highest BCUT2D eigenvalue weighted by atomic mass is 16.5. The molecule has 9 unspecified atom stereocenters. The van der Waals surface area contributed by atoms with E-state index in [4.69, 9.17) is 9.15 Å². The second-order valence-electron chi connectivity index (χ2n) is 12.5. The maximum absolute atomic E-state index is 12.6. The van der Waals surface area contributed by atoms with Crippen LogP contribution in [-0.4, -0.2) is 35.9 Å². The lowest BCUT2D eigenvalue weighted by Crippen LogP contribution is -2.52. The van der Waals surface area contributed by atoms with Gasteiger partial charge in [0.1, 0.15) is 12.1 Å². The maximum atomic E-state index is 12.6. The van der Waals surface area contributed by atoms with E-state index in [0.29, 0.717) is 42.1 Å². The molecule has 5 aliphatic rings. The van der Waals surface area contributed by atoms with Crippen molar-refractivity contribution in [2.45, 2.75) is 95.8 Å². The van der Waals surface area contributed by atoms with E-state index < -0.39 is 6.10 Å². The summed E-state index contributed by atoms with van der Waals surface area (Å²) in [6.45, 7) is 5.43. The van der Waals surface area contributed by atoms with Crippen LogP contribution in [0.5, 0.6) is 0 Å². The van der Waals surface area contributed by atoms with E-state index >= 15 is 0 Å². The molecule has 1 aromatic heterocycles. The van der Waals surface area contributed by atoms with Crippen molar-refractivity contribution in [3.8, 4) is 0 Å². The van der Waals surface area contributed by atoms with E-state index in [-0.39, 0.29) is 29.2 Å². The summed E-state index contributed by atoms with van der Waals surface area (Å²) in [7, 11) is 0. The SMILES string of the molecule is CC12CCC3C(CCC4CC(OC(=O)C5CC(O)CN5)CCC43C)C1=CCC2c1ccc(=O)oc1. The minimum Gasteiger partial charge on any atom is -0.461 e. The van der Waals surface area contributed by atoms with Gasteiger partial charge < -0.3 is 19.6 Å². The summed E-state index contributed by atoms with van der Waals surface area (Å²) in [5, 5.41) is 12.8. The number of esters is 1. The zero-order valence-electron chi connectivity index (χ0n) is 21.0. The van der Waals surface area contributed by atoms with Gasteiger partial charge in [-0.05, 0) is 97.5 Å². The average molecular weight is 482 g/mol. The quantitative estimate of drug-likeness (QED) is 0.494. The number of nitrogens with one attached hydrogen (secondary N) is 1. The van der Waals surface area contributed by atoms with Gasteiger partial charge in [0.2, 0.25) is 0 Å². The number of β-amino-alcohol motifs (C(OH)–C–C–N with tert-alkyl or cyclic N) is 1. The van der Waals surface area contributed by atoms with Gasteiger partial charge in [-0.15, -0.1) is 0 Å². The zero-order valence-corrected chi connectivity index (χ0v) is 21.0.